The van der Waals surface area contributed by atoms with Crippen LogP contribution >= 0.6 is 0 Å². The van der Waals surface area contributed by atoms with Crippen LogP contribution in [0, 0.1) is 0 Å². The van der Waals surface area contributed by atoms with Crippen molar-refractivity contribution >= 4 is 17.3 Å². The van der Waals surface area contributed by atoms with E-state index in [1.807, 2.05) is 12.1 Å². The van der Waals surface area contributed by atoms with E-state index in [0.29, 0.717) is 12.6 Å². The van der Waals surface area contributed by atoms with E-state index in [0.717, 1.165) is 38.2 Å². The van der Waals surface area contributed by atoms with Crippen LogP contribution in [0.25, 0.3) is 0 Å². The SMILES string of the molecule is Cn1cccc1[C@@H]1CCCN1CC(=O)Nc1ccc(N2CCCC2)cc1. The molecule has 1 N–H and O–H groups in total. The Morgan fingerprint density at radius 2 is 1.85 bits per heavy atom. The molecule has 1 atom stereocenters. The molecule has 138 valence electrons. The Hall–Kier alpha value is -2.27. The number of hydrogen-bond donors (Lipinski definition) is 1. The molecule has 0 unspecified atom stereocenters. The summed E-state index contributed by atoms with van der Waals surface area (Å²) in [4.78, 5) is 17.2. The average Bonchev–Trinajstić information content (AvgIpc) is 3.37. The van der Waals surface area contributed by atoms with Crippen LogP contribution in [0.3, 0.4) is 0 Å². The maximum Gasteiger partial charge on any atom is 0.238 e. The molecular formula is C21H28N4O. The maximum absolute atomic E-state index is 12.5. The molecule has 0 saturated carbocycles. The lowest BCUT2D eigenvalue weighted by Crippen LogP contribution is -2.33. The van der Waals surface area contributed by atoms with E-state index in [9.17, 15) is 4.79 Å². The van der Waals surface area contributed by atoms with Gasteiger partial charge in [0, 0.05) is 43.4 Å². The molecule has 0 bridgehead atoms. The van der Waals surface area contributed by atoms with Gasteiger partial charge in [-0.2, -0.15) is 0 Å². The Morgan fingerprint density at radius 1 is 1.08 bits per heavy atom. The summed E-state index contributed by atoms with van der Waals surface area (Å²) >= 11 is 0. The summed E-state index contributed by atoms with van der Waals surface area (Å²) in [6.07, 6.45) is 6.89. The van der Waals surface area contributed by atoms with Gasteiger partial charge in [0.25, 0.3) is 0 Å². The van der Waals surface area contributed by atoms with Gasteiger partial charge in [-0.15, -0.1) is 0 Å². The van der Waals surface area contributed by atoms with Crippen LogP contribution in [0.2, 0.25) is 0 Å². The van der Waals surface area contributed by atoms with E-state index < -0.39 is 0 Å². The fourth-order valence-corrected chi connectivity index (χ4v) is 4.29. The highest BCUT2D eigenvalue weighted by atomic mass is 16.2. The quantitative estimate of drug-likeness (QED) is 0.897. The highest BCUT2D eigenvalue weighted by Gasteiger charge is 2.28. The van der Waals surface area contributed by atoms with Crippen LogP contribution < -0.4 is 10.2 Å². The highest BCUT2D eigenvalue weighted by molar-refractivity contribution is 5.92. The van der Waals surface area contributed by atoms with Crippen molar-refractivity contribution in [2.75, 3.05) is 36.4 Å². The number of nitrogens with one attached hydrogen (secondary N) is 1. The van der Waals surface area contributed by atoms with E-state index in [2.05, 4.69) is 57.2 Å². The van der Waals surface area contributed by atoms with Crippen LogP contribution in [-0.4, -0.2) is 41.6 Å². The van der Waals surface area contributed by atoms with E-state index in [1.54, 1.807) is 0 Å². The molecule has 2 fully saturated rings. The number of nitrogens with zero attached hydrogens (tertiary/aromatic N) is 3. The number of aromatic nitrogens is 1. The lowest BCUT2D eigenvalue weighted by atomic mass is 10.1. The third kappa shape index (κ3) is 3.63. The number of rotatable bonds is 5. The normalized spacial score (nSPS) is 20.7. The van der Waals surface area contributed by atoms with Crippen molar-refractivity contribution in [3.63, 3.8) is 0 Å². The summed E-state index contributed by atoms with van der Waals surface area (Å²) in [5.74, 6) is 0.0695. The van der Waals surface area contributed by atoms with Crippen LogP contribution in [0.15, 0.2) is 42.6 Å². The van der Waals surface area contributed by atoms with Gasteiger partial charge in [0.1, 0.15) is 0 Å². The Labute approximate surface area is 155 Å². The zero-order chi connectivity index (χ0) is 17.9. The Balaban J connectivity index is 1.35. The first-order valence-corrected chi connectivity index (χ1v) is 9.71. The standard InChI is InChI=1S/C21H28N4O/c1-23-12-4-6-19(23)20-7-5-15-25(20)16-21(26)22-17-8-10-18(11-9-17)24-13-2-3-14-24/h4,6,8-12,20H,2-3,5,7,13-16H2,1H3,(H,22,26)/t20-/m0/s1. The van der Waals surface area contributed by atoms with Crippen LogP contribution in [-0.2, 0) is 11.8 Å². The molecule has 5 heteroatoms. The maximum atomic E-state index is 12.5. The van der Waals surface area contributed by atoms with Crippen molar-refractivity contribution in [1.82, 2.24) is 9.47 Å². The Morgan fingerprint density at radius 3 is 2.54 bits per heavy atom. The van der Waals surface area contributed by atoms with Crippen molar-refractivity contribution < 1.29 is 4.79 Å². The zero-order valence-corrected chi connectivity index (χ0v) is 15.5. The summed E-state index contributed by atoms with van der Waals surface area (Å²) in [6, 6.07) is 12.9. The number of carbonyl (C=O) groups excluding carboxylic acids is 1. The molecular weight excluding hydrogens is 324 g/mol. The minimum absolute atomic E-state index is 0.0695. The lowest BCUT2D eigenvalue weighted by Gasteiger charge is -2.24. The number of anilines is 2. The van der Waals surface area contributed by atoms with Crippen molar-refractivity contribution in [2.24, 2.45) is 7.05 Å². The number of benzene rings is 1. The topological polar surface area (TPSA) is 40.5 Å². The van der Waals surface area contributed by atoms with E-state index in [-0.39, 0.29) is 5.91 Å². The Bertz CT molecular complexity index is 746. The molecule has 4 rings (SSSR count). The minimum atomic E-state index is 0.0695. The lowest BCUT2D eigenvalue weighted by molar-refractivity contribution is -0.117. The number of amides is 1. The summed E-state index contributed by atoms with van der Waals surface area (Å²) in [6.45, 7) is 3.71. The number of hydrogen-bond acceptors (Lipinski definition) is 3. The fraction of sp³-hybridized carbons (Fsp3) is 0.476. The van der Waals surface area contributed by atoms with Crippen molar-refractivity contribution in [3.05, 3.63) is 48.3 Å². The smallest absolute Gasteiger partial charge is 0.238 e. The van der Waals surface area contributed by atoms with Crippen molar-refractivity contribution in [1.29, 1.82) is 0 Å². The van der Waals surface area contributed by atoms with Gasteiger partial charge in [0.15, 0.2) is 0 Å². The molecule has 5 nitrogen and oxygen atoms in total. The molecule has 1 amide bonds. The van der Waals surface area contributed by atoms with E-state index in [4.69, 9.17) is 0 Å². The summed E-state index contributed by atoms with van der Waals surface area (Å²) in [5, 5.41) is 3.06. The highest BCUT2D eigenvalue weighted by Crippen LogP contribution is 2.31. The molecule has 2 aliphatic heterocycles. The van der Waals surface area contributed by atoms with Gasteiger partial charge in [-0.05, 0) is 68.6 Å². The predicted molar refractivity (Wildman–Crippen MR) is 105 cm³/mol. The van der Waals surface area contributed by atoms with Gasteiger partial charge in [-0.1, -0.05) is 0 Å². The van der Waals surface area contributed by atoms with E-state index in [1.165, 1.54) is 24.2 Å². The third-order valence-corrected chi connectivity index (χ3v) is 5.66. The first-order valence-electron chi connectivity index (χ1n) is 9.71. The molecule has 2 saturated heterocycles. The van der Waals surface area contributed by atoms with Crippen molar-refractivity contribution in [2.45, 2.75) is 31.7 Å². The van der Waals surface area contributed by atoms with Crippen LogP contribution in [0.5, 0.6) is 0 Å². The number of likely N-dealkylation sites (tertiary alicyclic amines) is 1. The van der Waals surface area contributed by atoms with Gasteiger partial charge in [-0.3, -0.25) is 9.69 Å². The Kier molecular flexibility index (Phi) is 4.98. The summed E-state index contributed by atoms with van der Waals surface area (Å²) < 4.78 is 2.16. The summed E-state index contributed by atoms with van der Waals surface area (Å²) in [5.41, 5.74) is 3.43. The first kappa shape index (κ1) is 17.2. The monoisotopic (exact) mass is 352 g/mol. The predicted octanol–water partition coefficient (Wildman–Crippen LogP) is 3.40. The van der Waals surface area contributed by atoms with Gasteiger partial charge < -0.3 is 14.8 Å². The van der Waals surface area contributed by atoms with Crippen LogP contribution in [0.4, 0.5) is 11.4 Å². The van der Waals surface area contributed by atoms with Crippen LogP contribution in [0.1, 0.15) is 37.4 Å². The van der Waals surface area contributed by atoms with Gasteiger partial charge in [0.2, 0.25) is 5.91 Å². The molecule has 26 heavy (non-hydrogen) atoms. The first-order chi connectivity index (χ1) is 12.7. The zero-order valence-electron chi connectivity index (χ0n) is 15.5. The second-order valence-corrected chi connectivity index (χ2v) is 7.46. The second kappa shape index (κ2) is 7.54. The van der Waals surface area contributed by atoms with Gasteiger partial charge in [-0.25, -0.2) is 0 Å². The largest absolute Gasteiger partial charge is 0.372 e. The van der Waals surface area contributed by atoms with Crippen molar-refractivity contribution in [3.8, 4) is 0 Å². The molecule has 2 aromatic rings. The fourth-order valence-electron chi connectivity index (χ4n) is 4.29. The number of carbonyl (C=O) groups is 1. The molecule has 0 radical (unpaired) electrons. The van der Waals surface area contributed by atoms with E-state index >= 15 is 0 Å². The molecule has 2 aliphatic rings. The summed E-state index contributed by atoms with van der Waals surface area (Å²) in [7, 11) is 2.08. The molecule has 3 heterocycles. The van der Waals surface area contributed by atoms with Gasteiger partial charge >= 0.3 is 0 Å². The molecule has 1 aromatic carbocycles. The minimum Gasteiger partial charge on any atom is -0.372 e. The second-order valence-electron chi connectivity index (χ2n) is 7.46. The average molecular weight is 352 g/mol. The molecule has 1 aromatic heterocycles. The third-order valence-electron chi connectivity index (χ3n) is 5.66. The number of aryl methyl sites for hydroxylation is 1. The van der Waals surface area contributed by atoms with Gasteiger partial charge in [0.05, 0.1) is 12.6 Å². The molecule has 0 spiro atoms. The molecule has 0 aliphatic carbocycles.